The topological polar surface area (TPSA) is 97.1 Å². The van der Waals surface area contributed by atoms with Crippen molar-refractivity contribution in [2.24, 2.45) is 5.73 Å². The first-order chi connectivity index (χ1) is 7.70. The second-order valence-electron chi connectivity index (χ2n) is 3.72. The first-order valence-electron chi connectivity index (χ1n) is 5.20. The van der Waals surface area contributed by atoms with E-state index in [9.17, 15) is 4.79 Å². The molecule has 1 aromatic heterocycles. The van der Waals surface area contributed by atoms with E-state index in [1.807, 2.05) is 0 Å². The van der Waals surface area contributed by atoms with Crippen molar-refractivity contribution in [2.45, 2.75) is 13.0 Å². The fourth-order valence-electron chi connectivity index (χ4n) is 1.63. The zero-order valence-corrected chi connectivity index (χ0v) is 9.14. The molecule has 1 atom stereocenters. The number of rotatable bonds is 2. The van der Waals surface area contributed by atoms with Crippen LogP contribution in [0.5, 0.6) is 0 Å². The summed E-state index contributed by atoms with van der Waals surface area (Å²) in [6, 6.07) is 0. The number of hydrogen-bond acceptors (Lipinski definition) is 5. The quantitative estimate of drug-likeness (QED) is 0.666. The van der Waals surface area contributed by atoms with E-state index in [0.717, 1.165) is 0 Å². The van der Waals surface area contributed by atoms with E-state index in [2.05, 4.69) is 15.2 Å². The van der Waals surface area contributed by atoms with E-state index >= 15 is 0 Å². The van der Waals surface area contributed by atoms with Crippen molar-refractivity contribution in [2.75, 3.05) is 26.2 Å². The molecule has 1 aliphatic rings. The predicted octanol–water partition coefficient (Wildman–Crippen LogP) is -1.09. The number of aryl methyl sites for hydroxylation is 1. The van der Waals surface area contributed by atoms with Crippen molar-refractivity contribution >= 4 is 5.91 Å². The van der Waals surface area contributed by atoms with E-state index in [4.69, 9.17) is 10.5 Å². The second kappa shape index (κ2) is 4.58. The number of ether oxygens (including phenoxy) is 1. The second-order valence-corrected chi connectivity index (χ2v) is 3.72. The number of morpholine rings is 1. The van der Waals surface area contributed by atoms with E-state index < -0.39 is 0 Å². The maximum atomic E-state index is 12.0. The Hall–Kier alpha value is -1.47. The average molecular weight is 225 g/mol. The molecular formula is C9H15N5O2. The Balaban J connectivity index is 2.04. The first-order valence-corrected chi connectivity index (χ1v) is 5.20. The van der Waals surface area contributed by atoms with Crippen LogP contribution in [0.3, 0.4) is 0 Å². The third kappa shape index (κ3) is 2.20. The number of aromatic amines is 1. The molecule has 0 aromatic carbocycles. The lowest BCUT2D eigenvalue weighted by atomic mass is 10.2. The fourth-order valence-corrected chi connectivity index (χ4v) is 1.63. The smallest absolute Gasteiger partial charge is 0.293 e. The van der Waals surface area contributed by atoms with Gasteiger partial charge in [0.1, 0.15) is 5.82 Å². The van der Waals surface area contributed by atoms with Gasteiger partial charge >= 0.3 is 0 Å². The van der Waals surface area contributed by atoms with Gasteiger partial charge in [0.15, 0.2) is 0 Å². The van der Waals surface area contributed by atoms with Gasteiger partial charge in [-0.15, -0.1) is 5.10 Å². The zero-order valence-electron chi connectivity index (χ0n) is 9.14. The molecule has 3 N–H and O–H groups in total. The molecule has 0 spiro atoms. The normalized spacial score (nSPS) is 21.1. The Labute approximate surface area is 93.0 Å². The zero-order chi connectivity index (χ0) is 11.5. The number of aromatic nitrogens is 3. The van der Waals surface area contributed by atoms with Gasteiger partial charge in [0.05, 0.1) is 12.7 Å². The van der Waals surface area contributed by atoms with Crippen LogP contribution in [0.15, 0.2) is 0 Å². The van der Waals surface area contributed by atoms with Gasteiger partial charge in [-0.25, -0.2) is 4.98 Å². The summed E-state index contributed by atoms with van der Waals surface area (Å²) >= 11 is 0. The van der Waals surface area contributed by atoms with Crippen molar-refractivity contribution < 1.29 is 9.53 Å². The monoisotopic (exact) mass is 225 g/mol. The van der Waals surface area contributed by atoms with Gasteiger partial charge in [-0.1, -0.05) is 0 Å². The number of amides is 1. The molecule has 0 radical (unpaired) electrons. The van der Waals surface area contributed by atoms with Crippen molar-refractivity contribution in [1.82, 2.24) is 20.1 Å². The highest BCUT2D eigenvalue weighted by molar-refractivity contribution is 5.90. The molecule has 1 saturated heterocycles. The van der Waals surface area contributed by atoms with Gasteiger partial charge in [-0.3, -0.25) is 9.89 Å². The molecule has 2 heterocycles. The Morgan fingerprint density at radius 2 is 2.56 bits per heavy atom. The van der Waals surface area contributed by atoms with Crippen LogP contribution in [-0.4, -0.2) is 58.3 Å². The summed E-state index contributed by atoms with van der Waals surface area (Å²) in [5.41, 5.74) is 5.51. The summed E-state index contributed by atoms with van der Waals surface area (Å²) in [6.07, 6.45) is -0.0854. The highest BCUT2D eigenvalue weighted by atomic mass is 16.5. The SMILES string of the molecule is Cc1nc(C(=O)N2CCOC(CN)C2)n[nH]1. The maximum absolute atomic E-state index is 12.0. The molecule has 1 unspecified atom stereocenters. The molecule has 0 bridgehead atoms. The third-order valence-electron chi connectivity index (χ3n) is 2.48. The molecule has 7 heteroatoms. The molecule has 0 saturated carbocycles. The molecule has 7 nitrogen and oxygen atoms in total. The lowest BCUT2D eigenvalue weighted by Gasteiger charge is -2.31. The summed E-state index contributed by atoms with van der Waals surface area (Å²) in [5.74, 6) is 0.660. The number of nitrogens with one attached hydrogen (secondary N) is 1. The van der Waals surface area contributed by atoms with Crippen LogP contribution < -0.4 is 5.73 Å². The van der Waals surface area contributed by atoms with Crippen molar-refractivity contribution in [3.05, 3.63) is 11.6 Å². The van der Waals surface area contributed by atoms with Gasteiger partial charge < -0.3 is 15.4 Å². The molecule has 2 rings (SSSR count). The third-order valence-corrected chi connectivity index (χ3v) is 2.48. The van der Waals surface area contributed by atoms with Gasteiger partial charge in [0.25, 0.3) is 5.91 Å². The van der Waals surface area contributed by atoms with Crippen LogP contribution in [0.1, 0.15) is 16.4 Å². The number of nitrogens with zero attached hydrogens (tertiary/aromatic N) is 3. The lowest BCUT2D eigenvalue weighted by molar-refractivity contribution is -0.0171. The van der Waals surface area contributed by atoms with E-state index in [-0.39, 0.29) is 17.8 Å². The summed E-state index contributed by atoms with van der Waals surface area (Å²) in [6.45, 7) is 3.74. The van der Waals surface area contributed by atoms with Crippen molar-refractivity contribution in [1.29, 1.82) is 0 Å². The van der Waals surface area contributed by atoms with Crippen LogP contribution in [-0.2, 0) is 4.74 Å². The fraction of sp³-hybridized carbons (Fsp3) is 0.667. The molecule has 1 amide bonds. The van der Waals surface area contributed by atoms with Gasteiger partial charge in [0.2, 0.25) is 5.82 Å². The number of hydrogen-bond donors (Lipinski definition) is 2. The van der Waals surface area contributed by atoms with E-state index in [1.54, 1.807) is 11.8 Å². The molecular weight excluding hydrogens is 210 g/mol. The van der Waals surface area contributed by atoms with Crippen LogP contribution in [0.25, 0.3) is 0 Å². The Morgan fingerprint density at radius 3 is 3.19 bits per heavy atom. The van der Waals surface area contributed by atoms with Gasteiger partial charge in [-0.05, 0) is 6.92 Å². The van der Waals surface area contributed by atoms with Crippen molar-refractivity contribution in [3.8, 4) is 0 Å². The predicted molar refractivity (Wildman–Crippen MR) is 55.8 cm³/mol. The summed E-state index contributed by atoms with van der Waals surface area (Å²) in [7, 11) is 0. The average Bonchev–Trinajstić information content (AvgIpc) is 2.75. The Bertz CT molecular complexity index is 378. The number of carbonyl (C=O) groups is 1. The van der Waals surface area contributed by atoms with E-state index in [1.165, 1.54) is 0 Å². The molecule has 1 aliphatic heterocycles. The molecule has 16 heavy (non-hydrogen) atoms. The van der Waals surface area contributed by atoms with Crippen LogP contribution >= 0.6 is 0 Å². The Kier molecular flexibility index (Phi) is 3.16. The molecule has 0 aliphatic carbocycles. The minimum Gasteiger partial charge on any atom is -0.373 e. The number of carbonyl (C=O) groups excluding carboxylic acids is 1. The minimum absolute atomic E-state index is 0.0854. The minimum atomic E-state index is -0.175. The standard InChI is InChI=1S/C9H15N5O2/c1-6-11-8(13-12-6)9(15)14-2-3-16-7(4-10)5-14/h7H,2-5,10H2,1H3,(H,11,12,13). The largest absolute Gasteiger partial charge is 0.373 e. The van der Waals surface area contributed by atoms with Crippen molar-refractivity contribution in [3.63, 3.8) is 0 Å². The van der Waals surface area contributed by atoms with Crippen LogP contribution in [0.2, 0.25) is 0 Å². The number of nitrogens with two attached hydrogens (primary N) is 1. The van der Waals surface area contributed by atoms with E-state index in [0.29, 0.717) is 32.1 Å². The Morgan fingerprint density at radius 1 is 1.75 bits per heavy atom. The van der Waals surface area contributed by atoms with Gasteiger partial charge in [0, 0.05) is 19.6 Å². The highest BCUT2D eigenvalue weighted by Crippen LogP contribution is 2.07. The summed E-state index contributed by atoms with van der Waals surface area (Å²) < 4.78 is 5.38. The van der Waals surface area contributed by atoms with Gasteiger partial charge in [-0.2, -0.15) is 0 Å². The highest BCUT2D eigenvalue weighted by Gasteiger charge is 2.26. The van der Waals surface area contributed by atoms with Crippen LogP contribution in [0.4, 0.5) is 0 Å². The molecule has 1 fully saturated rings. The molecule has 1 aromatic rings. The first kappa shape index (κ1) is 11.0. The summed E-state index contributed by atoms with van der Waals surface area (Å²) in [4.78, 5) is 17.6. The summed E-state index contributed by atoms with van der Waals surface area (Å²) in [5, 5.41) is 6.49. The molecule has 88 valence electrons. The maximum Gasteiger partial charge on any atom is 0.293 e. The van der Waals surface area contributed by atoms with Crippen LogP contribution in [0, 0.1) is 6.92 Å². The number of H-pyrrole nitrogens is 1. The lowest BCUT2D eigenvalue weighted by Crippen LogP contribution is -2.48.